The number of allylic oxidation sites excluding steroid dienone is 3. The third-order valence-corrected chi connectivity index (χ3v) is 11.7. The summed E-state index contributed by atoms with van der Waals surface area (Å²) in [6.07, 6.45) is 15.1. The van der Waals surface area contributed by atoms with E-state index in [0.29, 0.717) is 11.3 Å². The summed E-state index contributed by atoms with van der Waals surface area (Å²) in [5.74, 6) is 1.44. The van der Waals surface area contributed by atoms with Gasteiger partial charge in [0.25, 0.3) is 0 Å². The molecule has 0 saturated carbocycles. The minimum absolute atomic E-state index is 0.533. The van der Waals surface area contributed by atoms with E-state index in [-0.39, 0.29) is 0 Å². The predicted octanol–water partition coefficient (Wildman–Crippen LogP) is 8.80. The van der Waals surface area contributed by atoms with Crippen molar-refractivity contribution in [2.45, 2.75) is 81.0 Å². The molecule has 0 bridgehead atoms. The largest absolute Gasteiger partial charge is 0.358 e. The zero-order valence-electron chi connectivity index (χ0n) is 22.6. The Labute approximate surface area is 235 Å². The van der Waals surface area contributed by atoms with Crippen LogP contribution >= 0.6 is 34.9 Å². The van der Waals surface area contributed by atoms with Crippen LogP contribution in [0.25, 0.3) is 10.2 Å². The van der Waals surface area contributed by atoms with E-state index < -0.39 is 0 Å². The van der Waals surface area contributed by atoms with Crippen LogP contribution in [0.15, 0.2) is 69.5 Å². The number of hydrogen-bond acceptors (Lipinski definition) is 4. The molecule has 3 aliphatic rings. The molecule has 1 aromatic heterocycles. The van der Waals surface area contributed by atoms with Gasteiger partial charge in [-0.25, -0.2) is 0 Å². The Balaban J connectivity index is 1.20. The van der Waals surface area contributed by atoms with Crippen LogP contribution in [-0.2, 0) is 13.0 Å². The number of thioether (sulfide) groups is 2. The molecule has 0 fully saturated rings. The molecule has 5 heteroatoms. The number of hydrogen-bond donors (Lipinski definition) is 0. The smallest absolute Gasteiger partial charge is 0.238 e. The fourth-order valence-corrected chi connectivity index (χ4v) is 9.72. The highest BCUT2D eigenvalue weighted by Crippen LogP contribution is 2.48. The number of nitrogens with zero attached hydrogens (tertiary/aromatic N) is 2. The Kier molecular flexibility index (Phi) is 7.48. The van der Waals surface area contributed by atoms with E-state index in [4.69, 9.17) is 0 Å². The topological polar surface area (TPSA) is 7.12 Å². The van der Waals surface area contributed by atoms with E-state index in [1.807, 2.05) is 23.1 Å². The fraction of sp³-hybridized carbons (Fsp3) is 0.469. The predicted molar refractivity (Wildman–Crippen MR) is 163 cm³/mol. The molecule has 1 aliphatic heterocycles. The van der Waals surface area contributed by atoms with Crippen LogP contribution < -0.4 is 9.47 Å². The van der Waals surface area contributed by atoms with Gasteiger partial charge >= 0.3 is 0 Å². The summed E-state index contributed by atoms with van der Waals surface area (Å²) >= 11 is 5.93. The molecule has 2 nitrogen and oxygen atoms in total. The molecule has 3 aromatic rings. The van der Waals surface area contributed by atoms with Crippen molar-refractivity contribution >= 4 is 50.8 Å². The molecule has 2 aromatic carbocycles. The molecule has 0 spiro atoms. The van der Waals surface area contributed by atoms with Crippen LogP contribution in [0.3, 0.4) is 0 Å². The lowest BCUT2D eigenvalue weighted by molar-refractivity contribution is -0.671. The van der Waals surface area contributed by atoms with E-state index in [2.05, 4.69) is 96.8 Å². The number of anilines is 1. The fourth-order valence-electron chi connectivity index (χ4n) is 6.57. The van der Waals surface area contributed by atoms with E-state index in [1.165, 1.54) is 69.8 Å². The van der Waals surface area contributed by atoms with Crippen molar-refractivity contribution in [1.82, 2.24) is 0 Å². The first kappa shape index (κ1) is 25.6. The average Bonchev–Trinajstić information content (AvgIpc) is 3.43. The molecular weight excluding hydrogens is 509 g/mol. The first-order chi connectivity index (χ1) is 18.1. The van der Waals surface area contributed by atoms with Crippen molar-refractivity contribution in [3.63, 3.8) is 0 Å². The van der Waals surface area contributed by atoms with Crippen molar-refractivity contribution in [3.05, 3.63) is 70.3 Å². The third-order valence-electron chi connectivity index (χ3n) is 8.52. The number of benzene rings is 2. The SMILES string of the molecule is CCN1c2cc(SC)ccc2SC1CC1=CC2=CC(Cc3sc4ccc(C)cc4[n+]3CC)CCC2CC1. The molecule has 2 aliphatic carbocycles. The molecule has 6 rings (SSSR count). The van der Waals surface area contributed by atoms with Gasteiger partial charge in [0.2, 0.25) is 10.5 Å². The summed E-state index contributed by atoms with van der Waals surface area (Å²) in [6.45, 7) is 8.95. The zero-order valence-corrected chi connectivity index (χ0v) is 25.1. The maximum Gasteiger partial charge on any atom is 0.238 e. The Hall–Kier alpha value is -1.69. The molecule has 0 saturated heterocycles. The van der Waals surface area contributed by atoms with Gasteiger partial charge in [-0.1, -0.05) is 46.9 Å². The number of rotatable bonds is 7. The van der Waals surface area contributed by atoms with E-state index in [1.54, 1.807) is 16.2 Å². The van der Waals surface area contributed by atoms with Crippen LogP contribution in [0.1, 0.15) is 56.5 Å². The van der Waals surface area contributed by atoms with Crippen molar-refractivity contribution in [1.29, 1.82) is 0 Å². The lowest BCUT2D eigenvalue weighted by atomic mass is 9.74. The Morgan fingerprint density at radius 3 is 2.76 bits per heavy atom. The Morgan fingerprint density at radius 2 is 1.95 bits per heavy atom. The molecule has 0 radical (unpaired) electrons. The number of fused-ring (bicyclic) bond motifs is 3. The standard InChI is InChI=1S/C32H39N2S3/c1-5-33-27-15-21(3)7-13-29(27)36-31(33)18-22-8-10-24-11-9-23(17-25(24)16-22)19-32-34(6-2)28-20-26(35-4)12-14-30(28)37-32/h7,12-17,20,22,24,32H,5-6,8-11,18-19H2,1-4H3/q+1. The average molecular weight is 548 g/mol. The first-order valence-corrected chi connectivity index (χ1v) is 16.9. The second-order valence-corrected chi connectivity index (χ2v) is 14.1. The minimum Gasteiger partial charge on any atom is -0.358 e. The second-order valence-electron chi connectivity index (χ2n) is 10.9. The summed E-state index contributed by atoms with van der Waals surface area (Å²) in [7, 11) is 0. The van der Waals surface area contributed by atoms with Gasteiger partial charge < -0.3 is 4.90 Å². The molecule has 0 N–H and O–H groups in total. The van der Waals surface area contributed by atoms with E-state index >= 15 is 0 Å². The lowest BCUT2D eigenvalue weighted by Gasteiger charge is -2.33. The summed E-state index contributed by atoms with van der Waals surface area (Å²) in [5.41, 5.74) is 7.53. The molecule has 3 unspecified atom stereocenters. The highest BCUT2D eigenvalue weighted by Gasteiger charge is 2.32. The third kappa shape index (κ3) is 5.04. The number of thiazole rings is 1. The van der Waals surface area contributed by atoms with Gasteiger partial charge in [-0.3, -0.25) is 0 Å². The van der Waals surface area contributed by atoms with Gasteiger partial charge in [0.1, 0.15) is 11.2 Å². The van der Waals surface area contributed by atoms with Crippen molar-refractivity contribution < 1.29 is 4.57 Å². The maximum absolute atomic E-state index is 2.67. The summed E-state index contributed by atoms with van der Waals surface area (Å²) in [5, 5.41) is 2.08. The van der Waals surface area contributed by atoms with Crippen LogP contribution in [-0.4, -0.2) is 18.2 Å². The van der Waals surface area contributed by atoms with Gasteiger partial charge in [-0.15, -0.1) is 11.8 Å². The van der Waals surface area contributed by atoms with Gasteiger partial charge in [-0.05, 0) is 106 Å². The van der Waals surface area contributed by atoms with E-state index in [9.17, 15) is 0 Å². The molecule has 3 atom stereocenters. The zero-order chi connectivity index (χ0) is 25.5. The lowest BCUT2D eigenvalue weighted by Crippen LogP contribution is -2.36. The minimum atomic E-state index is 0.533. The highest BCUT2D eigenvalue weighted by atomic mass is 32.2. The summed E-state index contributed by atoms with van der Waals surface area (Å²) in [4.78, 5) is 5.46. The van der Waals surface area contributed by atoms with Gasteiger partial charge in [0, 0.05) is 28.8 Å². The molecule has 37 heavy (non-hydrogen) atoms. The van der Waals surface area contributed by atoms with Gasteiger partial charge in [0.15, 0.2) is 0 Å². The first-order valence-electron chi connectivity index (χ1n) is 14.0. The van der Waals surface area contributed by atoms with Crippen LogP contribution in [0.5, 0.6) is 0 Å². The quantitative estimate of drug-likeness (QED) is 0.216. The Morgan fingerprint density at radius 1 is 1.05 bits per heavy atom. The second kappa shape index (κ2) is 10.8. The Bertz CT molecular complexity index is 1370. The number of aryl methyl sites for hydroxylation is 2. The van der Waals surface area contributed by atoms with E-state index in [0.717, 1.165) is 19.0 Å². The summed E-state index contributed by atoms with van der Waals surface area (Å²) < 4.78 is 4.00. The van der Waals surface area contributed by atoms with Gasteiger partial charge in [0.05, 0.1) is 11.1 Å². The molecule has 0 amide bonds. The highest BCUT2D eigenvalue weighted by molar-refractivity contribution is 8.00. The van der Waals surface area contributed by atoms with Crippen LogP contribution in [0, 0.1) is 18.8 Å². The van der Waals surface area contributed by atoms with Crippen LogP contribution in [0.2, 0.25) is 0 Å². The number of aromatic nitrogens is 1. The monoisotopic (exact) mass is 547 g/mol. The molecule has 2 heterocycles. The summed E-state index contributed by atoms with van der Waals surface area (Å²) in [6, 6.07) is 14.0. The van der Waals surface area contributed by atoms with Crippen molar-refractivity contribution in [2.24, 2.45) is 11.8 Å². The molecular formula is C32H39N2S3+. The van der Waals surface area contributed by atoms with Crippen molar-refractivity contribution in [3.8, 4) is 0 Å². The maximum atomic E-state index is 2.67. The van der Waals surface area contributed by atoms with Crippen LogP contribution in [0.4, 0.5) is 5.69 Å². The van der Waals surface area contributed by atoms with Crippen molar-refractivity contribution in [2.75, 3.05) is 17.7 Å². The molecule has 194 valence electrons. The van der Waals surface area contributed by atoms with Gasteiger partial charge in [-0.2, -0.15) is 4.57 Å². The normalized spacial score (nSPS) is 23.1.